The number of hydrogen-bond acceptors (Lipinski definition) is 4. The van der Waals surface area contributed by atoms with Gasteiger partial charge in [0.05, 0.1) is 13.2 Å². The van der Waals surface area contributed by atoms with Gasteiger partial charge < -0.3 is 20.1 Å². The average molecular weight is 234 g/mol. The van der Waals surface area contributed by atoms with Gasteiger partial charge in [0.1, 0.15) is 0 Å². The Hall–Kier alpha value is -1.26. The van der Waals surface area contributed by atoms with Crippen LogP contribution in [0.15, 0.2) is 24.3 Å². The number of piperidine rings is 1. The molecule has 1 aromatic carbocycles. The Bertz CT molecular complexity index is 375. The van der Waals surface area contributed by atoms with Crippen LogP contribution < -0.4 is 10.6 Å². The number of nitrogen functional groups attached to an aromatic ring is 1. The fraction of sp³-hybridized carbons (Fsp3) is 0.538. The minimum atomic E-state index is -0.287. The van der Waals surface area contributed by atoms with E-state index in [1.165, 1.54) is 5.69 Å². The molecule has 2 saturated heterocycles. The van der Waals surface area contributed by atoms with Crippen molar-refractivity contribution in [1.29, 1.82) is 0 Å². The quantitative estimate of drug-likeness (QED) is 0.750. The van der Waals surface area contributed by atoms with Crippen LogP contribution in [0.5, 0.6) is 0 Å². The van der Waals surface area contributed by atoms with Crippen molar-refractivity contribution >= 4 is 11.4 Å². The number of rotatable bonds is 1. The zero-order valence-corrected chi connectivity index (χ0v) is 9.89. The Kier molecular flexibility index (Phi) is 2.68. The first-order chi connectivity index (χ1) is 8.27. The van der Waals surface area contributed by atoms with Gasteiger partial charge >= 0.3 is 0 Å². The number of nitrogens with zero attached hydrogens (tertiary/aromatic N) is 1. The summed E-state index contributed by atoms with van der Waals surface area (Å²) in [6.45, 7) is 3.43. The molecular formula is C13H18N2O2. The number of anilines is 2. The van der Waals surface area contributed by atoms with Gasteiger partial charge in [-0.25, -0.2) is 0 Å². The van der Waals surface area contributed by atoms with Crippen LogP contribution in [0.1, 0.15) is 12.8 Å². The lowest BCUT2D eigenvalue weighted by Crippen LogP contribution is -2.45. The fourth-order valence-corrected chi connectivity index (χ4v) is 2.58. The second kappa shape index (κ2) is 4.20. The van der Waals surface area contributed by atoms with Crippen molar-refractivity contribution in [2.24, 2.45) is 0 Å². The molecule has 0 atom stereocenters. The summed E-state index contributed by atoms with van der Waals surface area (Å²) in [6.07, 6.45) is 1.88. The van der Waals surface area contributed by atoms with E-state index >= 15 is 0 Å². The van der Waals surface area contributed by atoms with Gasteiger partial charge in [-0.15, -0.1) is 0 Å². The van der Waals surface area contributed by atoms with E-state index in [9.17, 15) is 0 Å². The second-order valence-electron chi connectivity index (χ2n) is 4.69. The maximum Gasteiger partial charge on any atom is 0.171 e. The molecule has 2 aliphatic rings. The number of benzene rings is 1. The van der Waals surface area contributed by atoms with Gasteiger partial charge in [0.25, 0.3) is 0 Å². The molecule has 2 aliphatic heterocycles. The third-order valence-electron chi connectivity index (χ3n) is 3.60. The summed E-state index contributed by atoms with van der Waals surface area (Å²) in [4.78, 5) is 2.36. The zero-order chi connectivity index (χ0) is 11.7. The van der Waals surface area contributed by atoms with E-state index in [-0.39, 0.29) is 5.79 Å². The van der Waals surface area contributed by atoms with Crippen LogP contribution in [-0.2, 0) is 9.47 Å². The molecule has 92 valence electrons. The molecule has 1 spiro atoms. The summed E-state index contributed by atoms with van der Waals surface area (Å²) in [7, 11) is 0. The number of hydrogen-bond donors (Lipinski definition) is 1. The number of ether oxygens (including phenoxy) is 2. The van der Waals surface area contributed by atoms with Crippen LogP contribution in [0, 0.1) is 0 Å². The molecule has 17 heavy (non-hydrogen) atoms. The van der Waals surface area contributed by atoms with Crippen molar-refractivity contribution in [2.45, 2.75) is 18.6 Å². The normalized spacial score (nSPS) is 23.2. The molecule has 1 aromatic rings. The van der Waals surface area contributed by atoms with Crippen LogP contribution >= 0.6 is 0 Å². The molecule has 0 bridgehead atoms. The highest BCUT2D eigenvalue weighted by Crippen LogP contribution is 2.33. The summed E-state index contributed by atoms with van der Waals surface area (Å²) in [5, 5.41) is 0. The highest BCUT2D eigenvalue weighted by Gasteiger charge is 2.39. The molecule has 0 unspecified atom stereocenters. The van der Waals surface area contributed by atoms with Crippen LogP contribution in [-0.4, -0.2) is 32.1 Å². The Balaban J connectivity index is 1.66. The summed E-state index contributed by atoms with van der Waals surface area (Å²) in [5.74, 6) is -0.287. The van der Waals surface area contributed by atoms with E-state index in [2.05, 4.69) is 17.0 Å². The topological polar surface area (TPSA) is 47.7 Å². The largest absolute Gasteiger partial charge is 0.399 e. The van der Waals surface area contributed by atoms with E-state index in [0.717, 1.165) is 44.8 Å². The predicted octanol–water partition coefficient (Wildman–Crippen LogP) is 1.61. The molecule has 0 radical (unpaired) electrons. The van der Waals surface area contributed by atoms with Crippen LogP contribution in [0.3, 0.4) is 0 Å². The lowest BCUT2D eigenvalue weighted by atomic mass is 10.0. The van der Waals surface area contributed by atoms with Gasteiger partial charge in [-0.3, -0.25) is 0 Å². The first kappa shape index (κ1) is 10.9. The first-order valence-electron chi connectivity index (χ1n) is 6.16. The third-order valence-corrected chi connectivity index (χ3v) is 3.60. The van der Waals surface area contributed by atoms with Gasteiger partial charge in [0.2, 0.25) is 0 Å². The smallest absolute Gasteiger partial charge is 0.171 e. The summed E-state index contributed by atoms with van der Waals surface area (Å²) in [5.41, 5.74) is 7.73. The molecule has 4 nitrogen and oxygen atoms in total. The monoisotopic (exact) mass is 234 g/mol. The van der Waals surface area contributed by atoms with Gasteiger partial charge in [0.15, 0.2) is 5.79 Å². The zero-order valence-electron chi connectivity index (χ0n) is 9.89. The number of nitrogens with two attached hydrogens (primary N) is 1. The molecule has 4 heteroatoms. The molecule has 2 N–H and O–H groups in total. The highest BCUT2D eigenvalue weighted by atomic mass is 16.7. The maximum atomic E-state index is 5.72. The second-order valence-corrected chi connectivity index (χ2v) is 4.69. The van der Waals surface area contributed by atoms with E-state index < -0.39 is 0 Å². The van der Waals surface area contributed by atoms with Crippen molar-refractivity contribution < 1.29 is 9.47 Å². The standard InChI is InChI=1S/C13H18N2O2/c14-11-1-3-12(4-2-11)15-7-5-13(6-8-15)16-9-10-17-13/h1-4H,5-10,14H2. The van der Waals surface area contributed by atoms with Crippen LogP contribution in [0.4, 0.5) is 11.4 Å². The fourth-order valence-electron chi connectivity index (χ4n) is 2.58. The summed E-state index contributed by atoms with van der Waals surface area (Å²) >= 11 is 0. The van der Waals surface area contributed by atoms with Gasteiger partial charge in [0, 0.05) is 37.3 Å². The van der Waals surface area contributed by atoms with Crippen molar-refractivity contribution in [2.75, 3.05) is 36.9 Å². The lowest BCUT2D eigenvalue weighted by molar-refractivity contribution is -0.169. The van der Waals surface area contributed by atoms with Crippen LogP contribution in [0.25, 0.3) is 0 Å². The lowest BCUT2D eigenvalue weighted by Gasteiger charge is -2.38. The molecule has 2 heterocycles. The van der Waals surface area contributed by atoms with Crippen molar-refractivity contribution in [3.8, 4) is 0 Å². The molecule has 2 fully saturated rings. The predicted molar refractivity (Wildman–Crippen MR) is 66.9 cm³/mol. The van der Waals surface area contributed by atoms with Gasteiger partial charge in [-0.1, -0.05) is 0 Å². The minimum Gasteiger partial charge on any atom is -0.399 e. The molecule has 0 aromatic heterocycles. The summed E-state index contributed by atoms with van der Waals surface area (Å²) in [6, 6.07) is 8.04. The first-order valence-corrected chi connectivity index (χ1v) is 6.16. The van der Waals surface area contributed by atoms with E-state index in [1.54, 1.807) is 0 Å². The van der Waals surface area contributed by atoms with Gasteiger partial charge in [-0.05, 0) is 24.3 Å². The SMILES string of the molecule is Nc1ccc(N2CCC3(CC2)OCCO3)cc1. The van der Waals surface area contributed by atoms with Gasteiger partial charge in [-0.2, -0.15) is 0 Å². The third kappa shape index (κ3) is 2.10. The molecular weight excluding hydrogens is 216 g/mol. The Morgan fingerprint density at radius 1 is 1.00 bits per heavy atom. The average Bonchev–Trinajstić information content (AvgIpc) is 2.80. The molecule has 0 saturated carbocycles. The summed E-state index contributed by atoms with van der Waals surface area (Å²) < 4.78 is 11.4. The van der Waals surface area contributed by atoms with Crippen molar-refractivity contribution in [1.82, 2.24) is 0 Å². The molecule has 0 amide bonds. The van der Waals surface area contributed by atoms with Crippen LogP contribution in [0.2, 0.25) is 0 Å². The minimum absolute atomic E-state index is 0.287. The molecule has 3 rings (SSSR count). The highest BCUT2D eigenvalue weighted by molar-refractivity contribution is 5.53. The van der Waals surface area contributed by atoms with E-state index in [4.69, 9.17) is 15.2 Å². The van der Waals surface area contributed by atoms with Crippen molar-refractivity contribution in [3.63, 3.8) is 0 Å². The van der Waals surface area contributed by atoms with E-state index in [1.807, 2.05) is 12.1 Å². The van der Waals surface area contributed by atoms with E-state index in [0.29, 0.717) is 0 Å². The Morgan fingerprint density at radius 2 is 1.59 bits per heavy atom. The molecule has 0 aliphatic carbocycles. The van der Waals surface area contributed by atoms with Crippen molar-refractivity contribution in [3.05, 3.63) is 24.3 Å². The Morgan fingerprint density at radius 3 is 2.18 bits per heavy atom. The Labute approximate surface area is 101 Å². The maximum absolute atomic E-state index is 5.72.